The van der Waals surface area contributed by atoms with Gasteiger partial charge in [0.1, 0.15) is 50.6 Å². The molecule has 4 amide bonds. The van der Waals surface area contributed by atoms with Crippen LogP contribution in [0.4, 0.5) is 14.4 Å². The molecule has 10 aliphatic rings. The first-order valence-electron chi connectivity index (χ1n) is 54.7. The van der Waals surface area contributed by atoms with Gasteiger partial charge in [-0.2, -0.15) is 0 Å². The number of nitrogens with one attached hydrogen (secondary N) is 4. The Morgan fingerprint density at radius 1 is 0.429 bits per heavy atom. The summed E-state index contributed by atoms with van der Waals surface area (Å²) in [5.74, 6) is 1.42. The Hall–Kier alpha value is -7.64. The summed E-state index contributed by atoms with van der Waals surface area (Å²) >= 11 is 0. The lowest BCUT2D eigenvalue weighted by Gasteiger charge is -2.40. The summed E-state index contributed by atoms with van der Waals surface area (Å²) in [5.41, 5.74) is 4.97. The second-order valence-electron chi connectivity index (χ2n) is 44.1. The summed E-state index contributed by atoms with van der Waals surface area (Å²) in [7, 11) is 0. The largest absolute Gasteiger partial charge is 0.508 e. The maximum Gasteiger partial charge on any atom is 0.508 e. The standard InChI is InChI=1S/C24H32O3.C13H24N2O4.C13H23NO4.C13H19NO2.C12H22O3.C11H21NO3.C11H20O4.C11H20O3.C6H12O2/c1-6-24(15-25-16-24)17-26-21-11-7-19(8-12-21)23(4,5)20-9-13-22(14-10-20)27-18(2)3;1-4-13(7-18-8-13)9-19-11(16)5-6-14-12(17)15-10(2)3;1-4-13(7-17-8-13)9-18-12(16)6-5-11(15)14-10(2)3;1-2-13(10-16-11-13)9-15-8-5-12-3-6-14-7-4-12;1-2-12(9-14-10-12)8-13-7-5-11-4-3-6-15-11;1-4-9(3)12-10(13)15-8-11(5-2)6-14-7-11;1-4-9(3)15-10(12)14-8-11(5-2)6-13-7-11;1-4-11(6-13-7-11)8-14-10(12)5-9(2)3;1-2-6(3-7)4-8-5-6/h7-14,18H,6,15-17H2,1-5H3;10H,4-9H2,1-3H3,(H2,14,15,17);10H,4-9H2,1-3H3,(H,14,15);3-4,6-7H,2,5,8-11H2,1H3;11H,2-10H2,1H3;9H,4-8H2,1-3H3,(H,12,13);9H,4-8H2,1-3H3;9H,4-8H2,1-3H3;7H,2-5H2,1H3. The Kier molecular flexibility index (Phi) is 59.8. The number of amides is 4. The van der Waals surface area contributed by atoms with Crippen LogP contribution in [0.15, 0.2) is 73.1 Å². The van der Waals surface area contributed by atoms with Gasteiger partial charge in [0.25, 0.3) is 0 Å². The van der Waals surface area contributed by atoms with E-state index in [1.165, 1.54) is 29.5 Å². The summed E-state index contributed by atoms with van der Waals surface area (Å²) in [6.07, 6.45) is 19.8. The SMILES string of the molecule is CCC(C)NC(=O)OCC1(CC)COC1.CCC(C)OC(=O)OCC1(CC)COC1.CCC1(CO)COC1.CCC1(COC(=O)CC(C)C)COC1.CCC1(COC(=O)CCC(=O)NC(C)C)COC1.CCC1(COC(=O)CCNC(=O)NC(C)C)COC1.CCC1(COCCC2CCCO2)COC1.CCC1(COCCc2ccncc2)COC1.CCC1(COc2ccc(C(C)(C)c3ccc(OC(C)C)cc3)cc2)COC1. The molecule has 10 saturated heterocycles. The van der Waals surface area contributed by atoms with Crippen LogP contribution in [-0.4, -0.2) is 293 Å². The van der Waals surface area contributed by atoms with Crippen LogP contribution >= 0.6 is 0 Å². The van der Waals surface area contributed by atoms with E-state index in [0.717, 1.165) is 201 Å². The molecule has 13 rings (SSSR count). The van der Waals surface area contributed by atoms with Gasteiger partial charge in [-0.3, -0.25) is 24.2 Å². The summed E-state index contributed by atoms with van der Waals surface area (Å²) in [4.78, 5) is 83.5. The number of alkyl carbamates (subject to hydrolysis) is 1. The minimum atomic E-state index is -0.566. The van der Waals surface area contributed by atoms with Crippen LogP contribution in [-0.2, 0) is 116 Å². The first-order chi connectivity index (χ1) is 70.1. The highest BCUT2D eigenvalue weighted by atomic mass is 16.7. The normalized spacial score (nSPS) is 19.4. The molecule has 2 aromatic carbocycles. The van der Waals surface area contributed by atoms with E-state index in [0.29, 0.717) is 115 Å². The number of aromatic nitrogens is 1. The fourth-order valence-corrected chi connectivity index (χ4v) is 15.5. The van der Waals surface area contributed by atoms with E-state index in [4.69, 9.17) is 99.8 Å². The molecule has 1 aromatic heterocycles. The molecule has 3 aromatic rings. The van der Waals surface area contributed by atoms with Gasteiger partial charge >= 0.3 is 36.2 Å². The maximum atomic E-state index is 11.5. The van der Waals surface area contributed by atoms with Gasteiger partial charge in [-0.25, -0.2) is 14.4 Å². The number of benzene rings is 2. The van der Waals surface area contributed by atoms with Crippen LogP contribution in [0, 0.1) is 54.7 Å². The van der Waals surface area contributed by atoms with Crippen molar-refractivity contribution in [2.45, 2.75) is 323 Å². The monoisotopic (exact) mass is 2080 g/mol. The highest BCUT2D eigenvalue weighted by Gasteiger charge is 2.45. The van der Waals surface area contributed by atoms with Crippen molar-refractivity contribution in [1.29, 1.82) is 0 Å². The zero-order chi connectivity index (χ0) is 108. The van der Waals surface area contributed by atoms with Gasteiger partial charge in [0, 0.05) is 84.8 Å². The van der Waals surface area contributed by atoms with Gasteiger partial charge < -0.3 is 121 Å². The van der Waals surface area contributed by atoms with Crippen molar-refractivity contribution < 1.29 is 133 Å². The fraction of sp³-hybridized carbons (Fsp3) is 0.789. The number of aliphatic hydroxyl groups is 1. The quantitative estimate of drug-likeness (QED) is 0.0199. The van der Waals surface area contributed by atoms with Crippen LogP contribution in [0.1, 0.15) is 292 Å². The van der Waals surface area contributed by atoms with E-state index >= 15 is 0 Å². The van der Waals surface area contributed by atoms with E-state index in [1.54, 1.807) is 0 Å². The molecule has 147 heavy (non-hydrogen) atoms. The number of carbonyl (C=O) groups is 7. The summed E-state index contributed by atoms with van der Waals surface area (Å²) in [6, 6.07) is 21.1. The predicted molar refractivity (Wildman–Crippen MR) is 566 cm³/mol. The van der Waals surface area contributed by atoms with Gasteiger partial charge in [0.2, 0.25) is 5.91 Å². The van der Waals surface area contributed by atoms with Crippen LogP contribution in [0.25, 0.3) is 0 Å². The molecule has 11 heterocycles. The third-order valence-electron chi connectivity index (χ3n) is 29.3. The molecular weight excluding hydrogens is 1890 g/mol. The maximum absolute atomic E-state index is 11.5. The number of aliphatic hydroxyl groups excluding tert-OH is 1. The molecule has 0 saturated carbocycles. The lowest BCUT2D eigenvalue weighted by Crippen LogP contribution is -2.47. The van der Waals surface area contributed by atoms with Crippen LogP contribution < -0.4 is 30.7 Å². The third kappa shape index (κ3) is 47.6. The Labute approximate surface area is 881 Å². The Bertz CT molecular complexity index is 3990. The Morgan fingerprint density at radius 2 is 0.816 bits per heavy atom. The van der Waals surface area contributed by atoms with Gasteiger partial charge in [0.05, 0.1) is 209 Å². The molecule has 0 spiro atoms. The van der Waals surface area contributed by atoms with Crippen molar-refractivity contribution in [1.82, 2.24) is 26.3 Å². The molecule has 0 radical (unpaired) electrons. The molecule has 842 valence electrons. The van der Waals surface area contributed by atoms with Crippen molar-refractivity contribution in [2.24, 2.45) is 54.7 Å². The lowest BCUT2D eigenvalue weighted by molar-refractivity contribution is -0.171. The Balaban J connectivity index is 0.000000295. The molecule has 0 aliphatic carbocycles. The first kappa shape index (κ1) is 130. The van der Waals surface area contributed by atoms with E-state index in [2.05, 4.69) is 151 Å². The van der Waals surface area contributed by atoms with E-state index < -0.39 is 6.16 Å². The molecule has 33 heteroatoms. The number of rotatable bonds is 51. The molecule has 3 atom stereocenters. The second-order valence-corrected chi connectivity index (χ2v) is 44.1. The van der Waals surface area contributed by atoms with Crippen molar-refractivity contribution in [3.05, 3.63) is 89.7 Å². The molecule has 5 N–H and O–H groups in total. The van der Waals surface area contributed by atoms with Crippen molar-refractivity contribution >= 4 is 42.1 Å². The zero-order valence-corrected chi connectivity index (χ0v) is 94.2. The van der Waals surface area contributed by atoms with Crippen molar-refractivity contribution in [3.63, 3.8) is 0 Å². The minimum Gasteiger partial charge on any atom is -0.493 e. The molecule has 10 fully saturated rings. The topological polar surface area (TPSA) is 385 Å². The summed E-state index contributed by atoms with van der Waals surface area (Å²) in [6.45, 7) is 68.3. The minimum absolute atomic E-state index is 0.00977. The highest BCUT2D eigenvalue weighted by Crippen LogP contribution is 2.40. The molecule has 10 aliphatic heterocycles. The molecule has 33 nitrogen and oxygen atoms in total. The van der Waals surface area contributed by atoms with E-state index in [1.807, 2.05) is 108 Å². The number of pyridine rings is 1. The first-order valence-corrected chi connectivity index (χ1v) is 54.7. The average Bonchev–Trinajstić information content (AvgIpc) is 1.10. The van der Waals surface area contributed by atoms with Gasteiger partial charge in [-0.05, 0) is 211 Å². The van der Waals surface area contributed by atoms with Crippen LogP contribution in [0.5, 0.6) is 11.5 Å². The number of hydrogen-bond donors (Lipinski definition) is 5. The summed E-state index contributed by atoms with van der Waals surface area (Å²) < 4.78 is 106. The van der Waals surface area contributed by atoms with Gasteiger partial charge in [-0.1, -0.05) is 128 Å². The lowest BCUT2D eigenvalue weighted by atomic mass is 9.78. The number of ether oxygens (including phenoxy) is 20. The van der Waals surface area contributed by atoms with Crippen molar-refractivity contribution in [3.8, 4) is 11.5 Å². The van der Waals surface area contributed by atoms with E-state index in [9.17, 15) is 33.6 Å². The number of urea groups is 1. The van der Waals surface area contributed by atoms with E-state index in [-0.39, 0.29) is 142 Å². The molecule has 0 bridgehead atoms. The smallest absolute Gasteiger partial charge is 0.493 e. The zero-order valence-electron chi connectivity index (χ0n) is 94.2. The van der Waals surface area contributed by atoms with Crippen LogP contribution in [0.3, 0.4) is 0 Å². The fourth-order valence-electron chi connectivity index (χ4n) is 15.5. The van der Waals surface area contributed by atoms with Crippen LogP contribution in [0.2, 0.25) is 0 Å². The second kappa shape index (κ2) is 67.7. The Morgan fingerprint density at radius 3 is 1.18 bits per heavy atom. The molecule has 3 unspecified atom stereocenters. The average molecular weight is 2080 g/mol. The molecular formula is C114H193N5O28. The highest BCUT2D eigenvalue weighted by molar-refractivity contribution is 5.81. The number of nitrogens with zero attached hydrogens (tertiary/aromatic N) is 1. The number of esters is 3. The number of carbonyl (C=O) groups excluding carboxylic acids is 7. The van der Waals surface area contributed by atoms with Crippen molar-refractivity contribution in [2.75, 3.05) is 205 Å². The van der Waals surface area contributed by atoms with Gasteiger partial charge in [-0.15, -0.1) is 0 Å². The third-order valence-corrected chi connectivity index (χ3v) is 29.3. The predicted octanol–water partition coefficient (Wildman–Crippen LogP) is 18.7. The summed E-state index contributed by atoms with van der Waals surface area (Å²) in [5, 5.41) is 19.6. The van der Waals surface area contributed by atoms with Gasteiger partial charge in [0.15, 0.2) is 0 Å². The number of hydrogen-bond acceptors (Lipinski definition) is 29.